The van der Waals surface area contributed by atoms with E-state index < -0.39 is 7.26 Å². The molecular weight excluding hydrogens is 247 g/mol. The molecule has 106 valence electrons. The summed E-state index contributed by atoms with van der Waals surface area (Å²) in [6.45, 7) is 7.00. The van der Waals surface area contributed by atoms with Crippen LogP contribution in [0.2, 0.25) is 0 Å². The SMILES string of the molecule is CCCC[PH](CCCC)(CCCC)CCCCl. The van der Waals surface area contributed by atoms with Gasteiger partial charge >= 0.3 is 115 Å². The molecular formula is C15H34ClP. The van der Waals surface area contributed by atoms with Gasteiger partial charge in [0.15, 0.2) is 0 Å². The van der Waals surface area contributed by atoms with E-state index in [2.05, 4.69) is 20.8 Å². The van der Waals surface area contributed by atoms with Crippen molar-refractivity contribution < 1.29 is 0 Å². The molecule has 0 aromatic rings. The van der Waals surface area contributed by atoms with Crippen LogP contribution in [0.4, 0.5) is 0 Å². The first-order chi connectivity index (χ1) is 8.24. The standard InChI is InChI=1S/C15H34ClP/c1-4-7-12-17(13-8-5-2,14-9-6-3)15-10-11-16/h17H,4-15H2,1-3H3. The van der Waals surface area contributed by atoms with Gasteiger partial charge in [0.25, 0.3) is 0 Å². The molecule has 0 atom stereocenters. The summed E-state index contributed by atoms with van der Waals surface area (Å²) >= 11 is 5.93. The summed E-state index contributed by atoms with van der Waals surface area (Å²) in [6, 6.07) is 0. The third-order valence-electron chi connectivity index (χ3n) is 4.02. The van der Waals surface area contributed by atoms with Crippen molar-refractivity contribution in [3.05, 3.63) is 0 Å². The van der Waals surface area contributed by atoms with Crippen molar-refractivity contribution in [2.45, 2.75) is 65.7 Å². The van der Waals surface area contributed by atoms with E-state index in [1.54, 1.807) is 18.5 Å². The molecule has 0 rings (SSSR count). The summed E-state index contributed by atoms with van der Waals surface area (Å²) in [5.41, 5.74) is 0. The molecule has 0 bridgehead atoms. The summed E-state index contributed by atoms with van der Waals surface area (Å²) in [5.74, 6) is 0.874. The number of hydrogen-bond donors (Lipinski definition) is 0. The first-order valence-corrected chi connectivity index (χ1v) is 11.2. The van der Waals surface area contributed by atoms with E-state index in [0.29, 0.717) is 0 Å². The Morgan fingerprint density at radius 1 is 0.647 bits per heavy atom. The van der Waals surface area contributed by atoms with Crippen LogP contribution >= 0.6 is 18.9 Å². The van der Waals surface area contributed by atoms with Gasteiger partial charge in [0.1, 0.15) is 0 Å². The third-order valence-corrected chi connectivity index (χ3v) is 9.95. The molecule has 0 aromatic heterocycles. The predicted octanol–water partition coefficient (Wildman–Crippen LogP) is 5.77. The van der Waals surface area contributed by atoms with E-state index in [1.165, 1.54) is 51.1 Å². The van der Waals surface area contributed by atoms with Crippen molar-refractivity contribution in [2.24, 2.45) is 0 Å². The monoisotopic (exact) mass is 280 g/mol. The minimum absolute atomic E-state index is 0.874. The molecule has 0 aliphatic rings. The average Bonchev–Trinajstić information content (AvgIpc) is 2.37. The Hall–Kier alpha value is 0.720. The first-order valence-electron chi connectivity index (χ1n) is 7.80. The molecule has 0 fully saturated rings. The molecule has 0 nitrogen and oxygen atoms in total. The molecule has 0 aromatic carbocycles. The van der Waals surface area contributed by atoms with Crippen molar-refractivity contribution in [3.8, 4) is 0 Å². The fraction of sp³-hybridized carbons (Fsp3) is 1.00. The van der Waals surface area contributed by atoms with Crippen LogP contribution in [0.15, 0.2) is 0 Å². The van der Waals surface area contributed by atoms with Gasteiger partial charge in [0.05, 0.1) is 0 Å². The van der Waals surface area contributed by atoms with Gasteiger partial charge in [-0.05, 0) is 0 Å². The molecule has 0 saturated heterocycles. The molecule has 0 unspecified atom stereocenters. The van der Waals surface area contributed by atoms with Gasteiger partial charge < -0.3 is 0 Å². The van der Waals surface area contributed by atoms with Crippen LogP contribution in [0.25, 0.3) is 0 Å². The van der Waals surface area contributed by atoms with Crippen molar-refractivity contribution in [1.29, 1.82) is 0 Å². The number of unbranched alkanes of at least 4 members (excludes halogenated alkanes) is 3. The molecule has 0 amide bonds. The molecule has 0 saturated carbocycles. The molecule has 0 radical (unpaired) electrons. The van der Waals surface area contributed by atoms with Crippen molar-refractivity contribution in [1.82, 2.24) is 0 Å². The van der Waals surface area contributed by atoms with E-state index in [1.807, 2.05) is 0 Å². The van der Waals surface area contributed by atoms with E-state index in [4.69, 9.17) is 11.6 Å². The molecule has 0 aliphatic heterocycles. The number of alkyl halides is 1. The Bertz CT molecular complexity index is 121. The normalized spacial score (nSPS) is 12.9. The third kappa shape index (κ3) is 8.44. The molecule has 0 heterocycles. The fourth-order valence-corrected chi connectivity index (χ4v) is 8.94. The quantitative estimate of drug-likeness (QED) is 0.315. The minimum atomic E-state index is -0.964. The van der Waals surface area contributed by atoms with E-state index >= 15 is 0 Å². The van der Waals surface area contributed by atoms with E-state index in [-0.39, 0.29) is 0 Å². The zero-order valence-electron chi connectivity index (χ0n) is 12.4. The number of rotatable bonds is 12. The van der Waals surface area contributed by atoms with Crippen LogP contribution in [0.5, 0.6) is 0 Å². The molecule has 2 heteroatoms. The second-order valence-corrected chi connectivity index (χ2v) is 11.0. The van der Waals surface area contributed by atoms with Crippen LogP contribution < -0.4 is 0 Å². The summed E-state index contributed by atoms with van der Waals surface area (Å²) in [6.07, 6.45) is 16.0. The second-order valence-electron chi connectivity index (χ2n) is 5.60. The van der Waals surface area contributed by atoms with Crippen molar-refractivity contribution >= 4 is 18.9 Å². The van der Waals surface area contributed by atoms with Crippen LogP contribution in [-0.4, -0.2) is 30.5 Å². The zero-order chi connectivity index (χ0) is 13.0. The Morgan fingerprint density at radius 2 is 1.00 bits per heavy atom. The van der Waals surface area contributed by atoms with Gasteiger partial charge in [-0.3, -0.25) is 0 Å². The zero-order valence-corrected chi connectivity index (χ0v) is 14.1. The maximum absolute atomic E-state index is 5.93. The number of hydrogen-bond acceptors (Lipinski definition) is 0. The van der Waals surface area contributed by atoms with E-state index in [9.17, 15) is 0 Å². The summed E-state index contributed by atoms with van der Waals surface area (Å²) in [7, 11) is -0.964. The second kappa shape index (κ2) is 11.8. The Labute approximate surface area is 115 Å². The van der Waals surface area contributed by atoms with Gasteiger partial charge in [-0.15, -0.1) is 0 Å². The van der Waals surface area contributed by atoms with Crippen LogP contribution in [-0.2, 0) is 0 Å². The van der Waals surface area contributed by atoms with E-state index in [0.717, 1.165) is 5.88 Å². The topological polar surface area (TPSA) is 0 Å². The molecule has 0 aliphatic carbocycles. The van der Waals surface area contributed by atoms with Gasteiger partial charge in [0.2, 0.25) is 0 Å². The van der Waals surface area contributed by atoms with Crippen molar-refractivity contribution in [2.75, 3.05) is 30.5 Å². The molecule has 0 spiro atoms. The number of halogens is 1. The maximum atomic E-state index is 5.93. The molecule has 17 heavy (non-hydrogen) atoms. The summed E-state index contributed by atoms with van der Waals surface area (Å²) in [4.78, 5) is 0. The van der Waals surface area contributed by atoms with Crippen molar-refractivity contribution in [3.63, 3.8) is 0 Å². The molecule has 0 N–H and O–H groups in total. The van der Waals surface area contributed by atoms with Crippen LogP contribution in [0.1, 0.15) is 65.7 Å². The van der Waals surface area contributed by atoms with Gasteiger partial charge in [-0.1, -0.05) is 0 Å². The van der Waals surface area contributed by atoms with Crippen LogP contribution in [0.3, 0.4) is 0 Å². The van der Waals surface area contributed by atoms with Gasteiger partial charge in [-0.2, -0.15) is 0 Å². The Balaban J connectivity index is 4.39. The average molecular weight is 281 g/mol. The Kier molecular flexibility index (Phi) is 12.3. The summed E-state index contributed by atoms with van der Waals surface area (Å²) in [5, 5.41) is 0. The fourth-order valence-electron chi connectivity index (χ4n) is 2.85. The predicted molar refractivity (Wildman–Crippen MR) is 87.8 cm³/mol. The Morgan fingerprint density at radius 3 is 1.29 bits per heavy atom. The van der Waals surface area contributed by atoms with Gasteiger partial charge in [0, 0.05) is 0 Å². The van der Waals surface area contributed by atoms with Gasteiger partial charge in [-0.25, -0.2) is 0 Å². The van der Waals surface area contributed by atoms with Crippen LogP contribution in [0, 0.1) is 0 Å². The first kappa shape index (κ1) is 17.7. The summed E-state index contributed by atoms with van der Waals surface area (Å²) < 4.78 is 0.